The van der Waals surface area contributed by atoms with Gasteiger partial charge in [0.2, 0.25) is 0 Å². The number of esters is 2. The van der Waals surface area contributed by atoms with Crippen molar-refractivity contribution >= 4 is 64.3 Å². The predicted octanol–water partition coefficient (Wildman–Crippen LogP) is 6.54. The van der Waals surface area contributed by atoms with Crippen molar-refractivity contribution in [2.75, 3.05) is 23.8 Å². The molecule has 0 aliphatic carbocycles. The molecule has 0 saturated heterocycles. The van der Waals surface area contributed by atoms with E-state index in [2.05, 4.69) is 15.6 Å². The zero-order valence-corrected chi connectivity index (χ0v) is 21.1. The first-order chi connectivity index (χ1) is 16.8. The number of para-hydroxylation sites is 1. The van der Waals surface area contributed by atoms with Crippen LogP contribution in [0, 0.1) is 0 Å². The van der Waals surface area contributed by atoms with Gasteiger partial charge >= 0.3 is 18.0 Å². The zero-order valence-electron chi connectivity index (χ0n) is 18.8. The first kappa shape index (κ1) is 26.3. The summed E-state index contributed by atoms with van der Waals surface area (Å²) in [6, 6.07) is 14.3. The van der Waals surface area contributed by atoms with Gasteiger partial charge in [-0.25, -0.2) is 19.4 Å². The molecule has 0 aliphatic rings. The Morgan fingerprint density at radius 1 is 0.857 bits per heavy atom. The van der Waals surface area contributed by atoms with Gasteiger partial charge in [0.25, 0.3) is 0 Å². The second kappa shape index (κ2) is 12.4. The normalized spacial score (nSPS) is 10.4. The molecule has 35 heavy (non-hydrogen) atoms. The predicted molar refractivity (Wildman–Crippen MR) is 136 cm³/mol. The van der Waals surface area contributed by atoms with E-state index in [1.54, 1.807) is 56.3 Å². The molecule has 182 valence electrons. The van der Waals surface area contributed by atoms with Crippen molar-refractivity contribution in [2.45, 2.75) is 23.6 Å². The highest BCUT2D eigenvalue weighted by atomic mass is 35.5. The van der Waals surface area contributed by atoms with Gasteiger partial charge in [-0.05, 0) is 56.3 Å². The number of pyridine rings is 1. The highest BCUT2D eigenvalue weighted by Gasteiger charge is 2.18. The van der Waals surface area contributed by atoms with Gasteiger partial charge in [0.05, 0.1) is 18.9 Å². The van der Waals surface area contributed by atoms with Gasteiger partial charge in [0.1, 0.15) is 11.4 Å². The Bertz CT molecular complexity index is 1200. The van der Waals surface area contributed by atoms with Crippen LogP contribution in [0.15, 0.2) is 64.4 Å². The Labute approximate surface area is 216 Å². The highest BCUT2D eigenvalue weighted by molar-refractivity contribution is 7.99. The third kappa shape index (κ3) is 7.61. The number of hydrogen-bond donors (Lipinski definition) is 2. The SMILES string of the molecule is CCOC(=O)c1cc(Sc2ccccc2NC(=O)Nc2cc(Cl)cc(Cl)c2)cc(C(=O)OCC)n1. The van der Waals surface area contributed by atoms with E-state index in [4.69, 9.17) is 32.7 Å². The minimum absolute atomic E-state index is 0.0269. The first-order valence-electron chi connectivity index (χ1n) is 10.5. The maximum Gasteiger partial charge on any atom is 0.356 e. The van der Waals surface area contributed by atoms with Crippen LogP contribution < -0.4 is 10.6 Å². The summed E-state index contributed by atoms with van der Waals surface area (Å²) in [5.41, 5.74) is 0.870. The molecule has 1 heterocycles. The fourth-order valence-electron chi connectivity index (χ4n) is 2.88. The second-order valence-corrected chi connectivity index (χ2v) is 8.84. The largest absolute Gasteiger partial charge is 0.461 e. The number of anilines is 2. The van der Waals surface area contributed by atoms with Gasteiger partial charge in [-0.1, -0.05) is 47.1 Å². The molecule has 2 amide bonds. The molecule has 3 aromatic rings. The average Bonchev–Trinajstić information content (AvgIpc) is 2.79. The van der Waals surface area contributed by atoms with E-state index in [1.165, 1.54) is 23.9 Å². The number of amides is 2. The Balaban J connectivity index is 1.85. The van der Waals surface area contributed by atoms with Crippen molar-refractivity contribution in [2.24, 2.45) is 0 Å². The Morgan fingerprint density at radius 3 is 2.00 bits per heavy atom. The third-order valence-corrected chi connectivity index (χ3v) is 5.74. The number of ether oxygens (including phenoxy) is 2. The van der Waals surface area contributed by atoms with E-state index in [0.717, 1.165) is 0 Å². The van der Waals surface area contributed by atoms with E-state index in [1.807, 2.05) is 0 Å². The average molecular weight is 534 g/mol. The third-order valence-electron chi connectivity index (χ3n) is 4.25. The van der Waals surface area contributed by atoms with Gasteiger partial charge in [0, 0.05) is 25.5 Å². The molecular weight excluding hydrogens is 513 g/mol. The Hall–Kier alpha value is -3.27. The van der Waals surface area contributed by atoms with Gasteiger partial charge in [-0.3, -0.25) is 0 Å². The molecule has 2 aromatic carbocycles. The number of rotatable bonds is 8. The van der Waals surface area contributed by atoms with Gasteiger partial charge in [-0.15, -0.1) is 0 Å². The molecule has 0 spiro atoms. The summed E-state index contributed by atoms with van der Waals surface area (Å²) in [7, 11) is 0. The number of benzene rings is 2. The number of hydrogen-bond acceptors (Lipinski definition) is 7. The number of nitrogens with zero attached hydrogens (tertiary/aromatic N) is 1. The first-order valence-corrected chi connectivity index (χ1v) is 12.0. The van der Waals surface area contributed by atoms with Crippen LogP contribution in [0.4, 0.5) is 16.2 Å². The number of halogens is 2. The molecule has 0 aliphatic heterocycles. The van der Waals surface area contributed by atoms with Crippen molar-refractivity contribution in [3.05, 3.63) is 76.0 Å². The Morgan fingerprint density at radius 2 is 1.43 bits per heavy atom. The number of aromatic nitrogens is 1. The topological polar surface area (TPSA) is 107 Å². The minimum Gasteiger partial charge on any atom is -0.461 e. The molecule has 2 N–H and O–H groups in total. The van der Waals surface area contributed by atoms with Gasteiger partial charge in [-0.2, -0.15) is 0 Å². The maximum absolute atomic E-state index is 12.6. The molecule has 3 rings (SSSR count). The van der Waals surface area contributed by atoms with Gasteiger partial charge < -0.3 is 20.1 Å². The summed E-state index contributed by atoms with van der Waals surface area (Å²) in [6.07, 6.45) is 0. The van der Waals surface area contributed by atoms with Crippen molar-refractivity contribution in [3.8, 4) is 0 Å². The lowest BCUT2D eigenvalue weighted by Crippen LogP contribution is -2.19. The fourth-order valence-corrected chi connectivity index (χ4v) is 4.38. The van der Waals surface area contributed by atoms with Gasteiger partial charge in [0.15, 0.2) is 0 Å². The smallest absolute Gasteiger partial charge is 0.356 e. The second-order valence-electron chi connectivity index (χ2n) is 6.85. The molecule has 8 nitrogen and oxygen atoms in total. The number of urea groups is 1. The summed E-state index contributed by atoms with van der Waals surface area (Å²) in [6.45, 7) is 3.67. The Kier molecular flexibility index (Phi) is 9.36. The molecule has 1 aromatic heterocycles. The van der Waals surface area contributed by atoms with Crippen molar-refractivity contribution < 1.29 is 23.9 Å². The lowest BCUT2D eigenvalue weighted by Gasteiger charge is -2.13. The molecule has 0 bridgehead atoms. The van der Waals surface area contributed by atoms with Crippen LogP contribution in [0.2, 0.25) is 10.0 Å². The summed E-state index contributed by atoms with van der Waals surface area (Å²) in [5, 5.41) is 6.23. The maximum atomic E-state index is 12.6. The molecule has 0 fully saturated rings. The van der Waals surface area contributed by atoms with Crippen LogP contribution >= 0.6 is 35.0 Å². The zero-order chi connectivity index (χ0) is 25.4. The summed E-state index contributed by atoms with van der Waals surface area (Å²) in [4.78, 5) is 42.4. The van der Waals surface area contributed by atoms with Crippen LogP contribution in [-0.4, -0.2) is 36.2 Å². The number of nitrogens with one attached hydrogen (secondary N) is 2. The summed E-state index contributed by atoms with van der Waals surface area (Å²) < 4.78 is 10.1. The van der Waals surface area contributed by atoms with E-state index >= 15 is 0 Å². The standard InChI is InChI=1S/C24H21Cl2N3O5S/c1-3-33-22(30)19-12-17(13-20(28-19)23(31)34-4-2)35-21-8-6-5-7-18(21)29-24(32)27-16-10-14(25)9-15(26)11-16/h5-13H,3-4H2,1-2H3,(H2,27,29,32). The molecule has 0 saturated carbocycles. The van der Waals surface area contributed by atoms with Crippen LogP contribution in [0.25, 0.3) is 0 Å². The lowest BCUT2D eigenvalue weighted by molar-refractivity contribution is 0.0510. The van der Waals surface area contributed by atoms with Crippen LogP contribution in [0.5, 0.6) is 0 Å². The molecule has 0 atom stereocenters. The van der Waals surface area contributed by atoms with Crippen molar-refractivity contribution in [3.63, 3.8) is 0 Å². The van der Waals surface area contributed by atoms with Crippen molar-refractivity contribution in [1.82, 2.24) is 4.98 Å². The summed E-state index contributed by atoms with van der Waals surface area (Å²) in [5.74, 6) is -1.32. The van der Waals surface area contributed by atoms with E-state index in [9.17, 15) is 14.4 Å². The van der Waals surface area contributed by atoms with Crippen LogP contribution in [0.1, 0.15) is 34.8 Å². The molecular formula is C24H21Cl2N3O5S. The molecule has 11 heteroatoms. The number of carbonyl (C=O) groups is 3. The highest BCUT2D eigenvalue weighted by Crippen LogP contribution is 2.34. The van der Waals surface area contributed by atoms with Crippen LogP contribution in [-0.2, 0) is 9.47 Å². The molecule has 0 unspecified atom stereocenters. The van der Waals surface area contributed by atoms with Crippen molar-refractivity contribution in [1.29, 1.82) is 0 Å². The fraction of sp³-hybridized carbons (Fsp3) is 0.167. The summed E-state index contributed by atoms with van der Waals surface area (Å²) >= 11 is 13.2. The minimum atomic E-state index is -0.661. The molecule has 0 radical (unpaired) electrons. The van der Waals surface area contributed by atoms with E-state index in [-0.39, 0.29) is 24.6 Å². The quantitative estimate of drug-likeness (QED) is 0.316. The monoisotopic (exact) mass is 533 g/mol. The number of carbonyl (C=O) groups excluding carboxylic acids is 3. The van der Waals surface area contributed by atoms with E-state index < -0.39 is 18.0 Å². The van der Waals surface area contributed by atoms with E-state index in [0.29, 0.717) is 31.2 Å². The van der Waals surface area contributed by atoms with Crippen LogP contribution in [0.3, 0.4) is 0 Å². The lowest BCUT2D eigenvalue weighted by atomic mass is 10.3.